The number of carbonyl (C=O) groups excluding carboxylic acids is 1. The van der Waals surface area contributed by atoms with Gasteiger partial charge in [0.25, 0.3) is 0 Å². The first-order valence-electron chi connectivity index (χ1n) is 6.92. The number of carboxylic acid groups (broad SMARTS) is 1. The molecule has 1 amide bonds. The van der Waals surface area contributed by atoms with Gasteiger partial charge in [-0.2, -0.15) is 0 Å². The highest BCUT2D eigenvalue weighted by atomic mass is 32.1. The Morgan fingerprint density at radius 3 is 2.70 bits per heavy atom. The quantitative estimate of drug-likeness (QED) is 0.873. The van der Waals surface area contributed by atoms with Crippen molar-refractivity contribution in [2.24, 2.45) is 17.8 Å². The lowest BCUT2D eigenvalue weighted by Crippen LogP contribution is -2.34. The molecular formula is C14H20N2O3S. The highest BCUT2D eigenvalue weighted by Crippen LogP contribution is 2.38. The van der Waals surface area contributed by atoms with Crippen LogP contribution in [0.1, 0.15) is 36.9 Å². The van der Waals surface area contributed by atoms with Gasteiger partial charge in [0.15, 0.2) is 0 Å². The van der Waals surface area contributed by atoms with Gasteiger partial charge in [0, 0.05) is 11.1 Å². The molecule has 1 aliphatic carbocycles. The van der Waals surface area contributed by atoms with Crippen molar-refractivity contribution in [3.63, 3.8) is 0 Å². The standard InChI is InChI=1S/C14H20N2O3S/c1-3-9-4-10(11(5-9)14(18)19)13(17)15-6-12-16-8(2)7-20-12/h7,9-11H,3-6H2,1-2H3,(H,15,17)(H,18,19)/t9?,10-,11+/m0/s1. The molecular weight excluding hydrogens is 276 g/mol. The zero-order chi connectivity index (χ0) is 14.7. The summed E-state index contributed by atoms with van der Waals surface area (Å²) in [5, 5.41) is 14.9. The minimum atomic E-state index is -0.855. The average Bonchev–Trinajstić information content (AvgIpc) is 3.02. The van der Waals surface area contributed by atoms with Crippen molar-refractivity contribution >= 4 is 23.2 Å². The fourth-order valence-corrected chi connectivity index (χ4v) is 3.53. The van der Waals surface area contributed by atoms with Crippen LogP contribution < -0.4 is 5.32 Å². The van der Waals surface area contributed by atoms with Crippen LogP contribution in [-0.2, 0) is 16.1 Å². The van der Waals surface area contributed by atoms with E-state index in [0.29, 0.717) is 25.3 Å². The molecule has 1 aromatic heterocycles. The summed E-state index contributed by atoms with van der Waals surface area (Å²) in [6.07, 6.45) is 2.22. The predicted octanol–water partition coefficient (Wildman–Crippen LogP) is 2.20. The summed E-state index contributed by atoms with van der Waals surface area (Å²) in [7, 11) is 0. The van der Waals surface area contributed by atoms with Crippen LogP contribution in [0.2, 0.25) is 0 Å². The van der Waals surface area contributed by atoms with E-state index >= 15 is 0 Å². The SMILES string of the molecule is CCC1C[C@H](C(=O)NCc2nc(C)cs2)[C@H](C(=O)O)C1. The topological polar surface area (TPSA) is 79.3 Å². The zero-order valence-corrected chi connectivity index (χ0v) is 12.6. The minimum Gasteiger partial charge on any atom is -0.481 e. The van der Waals surface area contributed by atoms with Crippen molar-refractivity contribution in [2.75, 3.05) is 0 Å². The van der Waals surface area contributed by atoms with Gasteiger partial charge in [-0.3, -0.25) is 9.59 Å². The third kappa shape index (κ3) is 3.36. The Morgan fingerprint density at radius 2 is 2.15 bits per heavy atom. The second kappa shape index (κ2) is 6.35. The smallest absolute Gasteiger partial charge is 0.307 e. The molecule has 20 heavy (non-hydrogen) atoms. The van der Waals surface area contributed by atoms with Crippen LogP contribution >= 0.6 is 11.3 Å². The maximum absolute atomic E-state index is 12.2. The van der Waals surface area contributed by atoms with Gasteiger partial charge in [-0.1, -0.05) is 13.3 Å². The van der Waals surface area contributed by atoms with Crippen LogP contribution in [0.3, 0.4) is 0 Å². The number of nitrogens with zero attached hydrogens (tertiary/aromatic N) is 1. The molecule has 0 bridgehead atoms. The van der Waals surface area contributed by atoms with Crippen molar-refractivity contribution in [3.8, 4) is 0 Å². The van der Waals surface area contributed by atoms with E-state index in [0.717, 1.165) is 17.1 Å². The summed E-state index contributed by atoms with van der Waals surface area (Å²) in [5.41, 5.74) is 0.939. The number of hydrogen-bond donors (Lipinski definition) is 2. The Bertz CT molecular complexity index is 500. The molecule has 1 aliphatic rings. The number of nitrogens with one attached hydrogen (secondary N) is 1. The molecule has 0 saturated heterocycles. The van der Waals surface area contributed by atoms with Crippen molar-refractivity contribution in [3.05, 3.63) is 16.1 Å². The van der Waals surface area contributed by atoms with Crippen LogP contribution in [0, 0.1) is 24.7 Å². The van der Waals surface area contributed by atoms with Crippen LogP contribution in [0.15, 0.2) is 5.38 Å². The molecule has 2 N–H and O–H groups in total. The molecule has 0 radical (unpaired) electrons. The van der Waals surface area contributed by atoms with Crippen molar-refractivity contribution in [1.82, 2.24) is 10.3 Å². The fraction of sp³-hybridized carbons (Fsp3) is 0.643. The van der Waals surface area contributed by atoms with E-state index in [1.165, 1.54) is 11.3 Å². The summed E-state index contributed by atoms with van der Waals surface area (Å²) < 4.78 is 0. The normalized spacial score (nSPS) is 25.6. The first-order chi connectivity index (χ1) is 9.51. The molecule has 3 atom stereocenters. The minimum absolute atomic E-state index is 0.152. The Morgan fingerprint density at radius 1 is 1.45 bits per heavy atom. The molecule has 6 heteroatoms. The van der Waals surface area contributed by atoms with Crippen LogP contribution in [0.25, 0.3) is 0 Å². The van der Waals surface area contributed by atoms with Crippen molar-refractivity contribution in [1.29, 1.82) is 0 Å². The molecule has 1 fully saturated rings. The maximum atomic E-state index is 12.2. The first kappa shape index (κ1) is 15.0. The van der Waals surface area contributed by atoms with E-state index in [-0.39, 0.29) is 5.91 Å². The summed E-state index contributed by atoms with van der Waals surface area (Å²) in [5.74, 6) is -1.61. The molecule has 110 valence electrons. The van der Waals surface area contributed by atoms with E-state index < -0.39 is 17.8 Å². The van der Waals surface area contributed by atoms with E-state index in [9.17, 15) is 14.7 Å². The molecule has 0 spiro atoms. The third-order valence-corrected chi connectivity index (χ3v) is 4.94. The molecule has 1 heterocycles. The van der Waals surface area contributed by atoms with Crippen molar-refractivity contribution < 1.29 is 14.7 Å². The van der Waals surface area contributed by atoms with E-state index in [1.807, 2.05) is 19.2 Å². The molecule has 0 aromatic carbocycles. The highest BCUT2D eigenvalue weighted by molar-refractivity contribution is 7.09. The number of hydrogen-bond acceptors (Lipinski definition) is 4. The molecule has 2 rings (SSSR count). The molecule has 1 aromatic rings. The third-order valence-electron chi connectivity index (χ3n) is 3.97. The van der Waals surface area contributed by atoms with Gasteiger partial charge in [-0.05, 0) is 25.7 Å². The second-order valence-corrected chi connectivity index (χ2v) is 6.34. The number of aromatic nitrogens is 1. The number of thiazole rings is 1. The average molecular weight is 296 g/mol. The Balaban J connectivity index is 1.95. The summed E-state index contributed by atoms with van der Waals surface area (Å²) in [4.78, 5) is 27.8. The van der Waals surface area contributed by atoms with Gasteiger partial charge < -0.3 is 10.4 Å². The number of aliphatic carboxylic acids is 1. The number of carboxylic acids is 1. The monoisotopic (exact) mass is 296 g/mol. The van der Waals surface area contributed by atoms with Gasteiger partial charge >= 0.3 is 5.97 Å². The Hall–Kier alpha value is -1.43. The van der Waals surface area contributed by atoms with Gasteiger partial charge in [-0.15, -0.1) is 11.3 Å². The van der Waals surface area contributed by atoms with Gasteiger partial charge in [0.2, 0.25) is 5.91 Å². The first-order valence-corrected chi connectivity index (χ1v) is 7.80. The van der Waals surface area contributed by atoms with Crippen LogP contribution in [0.5, 0.6) is 0 Å². The largest absolute Gasteiger partial charge is 0.481 e. The Kier molecular flexibility index (Phi) is 4.75. The lowest BCUT2D eigenvalue weighted by Gasteiger charge is -2.14. The van der Waals surface area contributed by atoms with Crippen LogP contribution in [0.4, 0.5) is 0 Å². The van der Waals surface area contributed by atoms with Gasteiger partial charge in [0.1, 0.15) is 5.01 Å². The summed E-state index contributed by atoms with van der Waals surface area (Å²) in [6, 6.07) is 0. The van der Waals surface area contributed by atoms with E-state index in [2.05, 4.69) is 10.3 Å². The zero-order valence-electron chi connectivity index (χ0n) is 11.8. The summed E-state index contributed by atoms with van der Waals surface area (Å²) >= 11 is 1.50. The van der Waals surface area contributed by atoms with Crippen LogP contribution in [-0.4, -0.2) is 22.0 Å². The number of rotatable bonds is 5. The Labute approximate surface area is 122 Å². The van der Waals surface area contributed by atoms with Gasteiger partial charge in [0.05, 0.1) is 18.4 Å². The number of amides is 1. The highest BCUT2D eigenvalue weighted by Gasteiger charge is 2.41. The lowest BCUT2D eigenvalue weighted by molar-refractivity contribution is -0.146. The van der Waals surface area contributed by atoms with E-state index in [1.54, 1.807) is 0 Å². The predicted molar refractivity (Wildman–Crippen MR) is 76.3 cm³/mol. The fourth-order valence-electron chi connectivity index (χ4n) is 2.82. The number of aryl methyl sites for hydroxylation is 1. The second-order valence-electron chi connectivity index (χ2n) is 5.40. The number of carbonyl (C=O) groups is 2. The molecule has 0 aliphatic heterocycles. The molecule has 1 saturated carbocycles. The van der Waals surface area contributed by atoms with Gasteiger partial charge in [-0.25, -0.2) is 4.98 Å². The lowest BCUT2D eigenvalue weighted by atomic mass is 9.95. The van der Waals surface area contributed by atoms with Crippen molar-refractivity contribution in [2.45, 2.75) is 39.7 Å². The molecule has 5 nitrogen and oxygen atoms in total. The molecule has 1 unspecified atom stereocenters. The van der Waals surface area contributed by atoms with E-state index in [4.69, 9.17) is 0 Å². The summed E-state index contributed by atoms with van der Waals surface area (Å²) in [6.45, 7) is 4.34. The maximum Gasteiger partial charge on any atom is 0.307 e.